The van der Waals surface area contributed by atoms with Crippen LogP contribution in [0.25, 0.3) is 11.3 Å². The number of hydrogen-bond acceptors (Lipinski definition) is 2. The summed E-state index contributed by atoms with van der Waals surface area (Å²) >= 11 is 5.41. The fourth-order valence-electron chi connectivity index (χ4n) is 2.76. The predicted octanol–water partition coefficient (Wildman–Crippen LogP) is 5.85. The average molecular weight is 385 g/mol. The number of thiazole rings is 1. The van der Waals surface area contributed by atoms with Gasteiger partial charge in [-0.25, -0.2) is 4.99 Å². The van der Waals surface area contributed by atoms with Crippen LogP contribution in [0.15, 0.2) is 63.4 Å². The van der Waals surface area contributed by atoms with Crippen LogP contribution in [0.3, 0.4) is 0 Å². The molecule has 0 amide bonds. The molecule has 1 aromatic heterocycles. The SMILES string of the molecule is Cc1cccc(N=c2scc(-c3ccccc3Br)n2C2CC2)c1. The van der Waals surface area contributed by atoms with E-state index in [-0.39, 0.29) is 0 Å². The molecule has 0 saturated heterocycles. The molecule has 0 N–H and O–H groups in total. The maximum atomic E-state index is 4.91. The van der Waals surface area contributed by atoms with Gasteiger partial charge in [-0.05, 0) is 43.5 Å². The van der Waals surface area contributed by atoms with E-state index in [4.69, 9.17) is 4.99 Å². The van der Waals surface area contributed by atoms with E-state index in [2.05, 4.69) is 81.3 Å². The van der Waals surface area contributed by atoms with Gasteiger partial charge in [0.2, 0.25) is 0 Å². The zero-order valence-electron chi connectivity index (χ0n) is 12.9. The Bertz CT molecular complexity index is 919. The first kappa shape index (κ1) is 14.9. The topological polar surface area (TPSA) is 17.3 Å². The fraction of sp³-hybridized carbons (Fsp3) is 0.211. The van der Waals surface area contributed by atoms with Crippen molar-refractivity contribution in [1.29, 1.82) is 0 Å². The van der Waals surface area contributed by atoms with Crippen LogP contribution in [-0.2, 0) is 0 Å². The van der Waals surface area contributed by atoms with Crippen LogP contribution >= 0.6 is 27.3 Å². The van der Waals surface area contributed by atoms with E-state index in [1.54, 1.807) is 11.3 Å². The Balaban J connectivity index is 1.88. The van der Waals surface area contributed by atoms with E-state index in [1.165, 1.54) is 29.7 Å². The van der Waals surface area contributed by atoms with Crippen LogP contribution in [0.4, 0.5) is 5.69 Å². The van der Waals surface area contributed by atoms with Crippen LogP contribution in [0.5, 0.6) is 0 Å². The van der Waals surface area contributed by atoms with Gasteiger partial charge in [-0.3, -0.25) is 0 Å². The highest BCUT2D eigenvalue weighted by molar-refractivity contribution is 9.10. The molecule has 2 nitrogen and oxygen atoms in total. The van der Waals surface area contributed by atoms with Gasteiger partial charge >= 0.3 is 0 Å². The third-order valence-electron chi connectivity index (χ3n) is 4.03. The van der Waals surface area contributed by atoms with E-state index in [0.717, 1.165) is 15.0 Å². The molecule has 4 heteroatoms. The van der Waals surface area contributed by atoms with E-state index < -0.39 is 0 Å². The molecule has 1 aliphatic rings. The Labute approximate surface area is 148 Å². The zero-order chi connectivity index (χ0) is 15.8. The number of aromatic nitrogens is 1. The molecule has 1 heterocycles. The molecule has 1 saturated carbocycles. The first-order chi connectivity index (χ1) is 11.2. The molecule has 0 atom stereocenters. The summed E-state index contributed by atoms with van der Waals surface area (Å²) in [6.07, 6.45) is 2.49. The molecular formula is C19H17BrN2S. The minimum atomic E-state index is 0.590. The van der Waals surface area contributed by atoms with Gasteiger partial charge < -0.3 is 4.57 Å². The lowest BCUT2D eigenvalue weighted by atomic mass is 10.2. The molecule has 4 rings (SSSR count). The van der Waals surface area contributed by atoms with Gasteiger partial charge in [0.05, 0.1) is 11.4 Å². The van der Waals surface area contributed by atoms with Gasteiger partial charge in [-0.15, -0.1) is 11.3 Å². The predicted molar refractivity (Wildman–Crippen MR) is 100 cm³/mol. The van der Waals surface area contributed by atoms with Gasteiger partial charge in [0.15, 0.2) is 4.80 Å². The number of nitrogens with zero attached hydrogens (tertiary/aromatic N) is 2. The first-order valence-corrected chi connectivity index (χ1v) is 9.46. The Morgan fingerprint density at radius 2 is 1.96 bits per heavy atom. The number of rotatable bonds is 3. The van der Waals surface area contributed by atoms with E-state index in [1.807, 2.05) is 0 Å². The number of aryl methyl sites for hydroxylation is 1. The Morgan fingerprint density at radius 1 is 1.13 bits per heavy atom. The van der Waals surface area contributed by atoms with Gasteiger partial charge in [0.1, 0.15) is 0 Å². The van der Waals surface area contributed by atoms with E-state index in [0.29, 0.717) is 6.04 Å². The second kappa shape index (κ2) is 6.10. The van der Waals surface area contributed by atoms with Crippen molar-refractivity contribution in [3.05, 3.63) is 68.7 Å². The molecule has 0 aliphatic heterocycles. The van der Waals surface area contributed by atoms with Crippen LogP contribution < -0.4 is 4.80 Å². The Hall–Kier alpha value is -1.65. The summed E-state index contributed by atoms with van der Waals surface area (Å²) < 4.78 is 3.54. The van der Waals surface area contributed by atoms with Crippen molar-refractivity contribution < 1.29 is 0 Å². The lowest BCUT2D eigenvalue weighted by molar-refractivity contribution is 0.724. The van der Waals surface area contributed by atoms with Gasteiger partial charge in [0, 0.05) is 21.5 Å². The number of hydrogen-bond donors (Lipinski definition) is 0. The largest absolute Gasteiger partial charge is 0.313 e. The molecule has 0 radical (unpaired) electrons. The molecule has 1 aliphatic carbocycles. The second-order valence-electron chi connectivity index (χ2n) is 5.94. The summed E-state index contributed by atoms with van der Waals surface area (Å²) in [6, 6.07) is 17.4. The van der Waals surface area contributed by atoms with Gasteiger partial charge in [-0.1, -0.05) is 46.3 Å². The van der Waals surface area contributed by atoms with E-state index >= 15 is 0 Å². The quantitative estimate of drug-likeness (QED) is 0.538. The average Bonchev–Trinajstić information content (AvgIpc) is 3.29. The number of halogens is 1. The van der Waals surface area contributed by atoms with Crippen molar-refractivity contribution in [2.75, 3.05) is 0 Å². The molecule has 0 bridgehead atoms. The lowest BCUT2D eigenvalue weighted by Crippen LogP contribution is -2.14. The van der Waals surface area contributed by atoms with Gasteiger partial charge in [-0.2, -0.15) is 0 Å². The van der Waals surface area contributed by atoms with Gasteiger partial charge in [0.25, 0.3) is 0 Å². The normalized spacial score (nSPS) is 15.1. The molecule has 0 spiro atoms. The Kier molecular flexibility index (Phi) is 3.95. The molecule has 23 heavy (non-hydrogen) atoms. The summed E-state index contributed by atoms with van der Waals surface area (Å²) in [7, 11) is 0. The summed E-state index contributed by atoms with van der Waals surface area (Å²) in [6.45, 7) is 2.11. The minimum absolute atomic E-state index is 0.590. The first-order valence-electron chi connectivity index (χ1n) is 7.79. The van der Waals surface area contributed by atoms with Crippen molar-refractivity contribution in [2.24, 2.45) is 4.99 Å². The summed E-state index contributed by atoms with van der Waals surface area (Å²) in [4.78, 5) is 5.99. The molecular weight excluding hydrogens is 368 g/mol. The minimum Gasteiger partial charge on any atom is -0.313 e. The van der Waals surface area contributed by atoms with Crippen LogP contribution in [0, 0.1) is 6.92 Å². The Morgan fingerprint density at radius 3 is 2.70 bits per heavy atom. The van der Waals surface area contributed by atoms with Crippen molar-refractivity contribution in [3.8, 4) is 11.3 Å². The molecule has 1 fully saturated rings. The maximum Gasteiger partial charge on any atom is 0.190 e. The van der Waals surface area contributed by atoms with Crippen molar-refractivity contribution >= 4 is 33.0 Å². The van der Waals surface area contributed by atoms with Crippen molar-refractivity contribution in [3.63, 3.8) is 0 Å². The summed E-state index contributed by atoms with van der Waals surface area (Å²) in [5.41, 5.74) is 4.77. The molecule has 0 unspecified atom stereocenters. The monoisotopic (exact) mass is 384 g/mol. The highest BCUT2D eigenvalue weighted by Gasteiger charge is 2.27. The van der Waals surface area contributed by atoms with Crippen molar-refractivity contribution in [1.82, 2.24) is 4.57 Å². The highest BCUT2D eigenvalue weighted by atomic mass is 79.9. The fourth-order valence-corrected chi connectivity index (χ4v) is 4.23. The lowest BCUT2D eigenvalue weighted by Gasteiger charge is -2.09. The standard InChI is InChI=1S/C19H17BrN2S/c1-13-5-4-6-14(11-13)21-19-22(15-9-10-15)18(12-23-19)16-7-2-3-8-17(16)20/h2-8,11-12,15H,9-10H2,1H3. The second-order valence-corrected chi connectivity index (χ2v) is 7.63. The molecule has 116 valence electrons. The molecule has 3 aromatic rings. The van der Waals surface area contributed by atoms with Crippen molar-refractivity contribution in [2.45, 2.75) is 25.8 Å². The third-order valence-corrected chi connectivity index (χ3v) is 5.56. The smallest absolute Gasteiger partial charge is 0.190 e. The van der Waals surface area contributed by atoms with E-state index in [9.17, 15) is 0 Å². The highest BCUT2D eigenvalue weighted by Crippen LogP contribution is 2.39. The summed E-state index contributed by atoms with van der Waals surface area (Å²) in [5.74, 6) is 0. The van der Waals surface area contributed by atoms with Crippen LogP contribution in [0.2, 0.25) is 0 Å². The van der Waals surface area contributed by atoms with Crippen LogP contribution in [-0.4, -0.2) is 4.57 Å². The third kappa shape index (κ3) is 3.06. The number of benzene rings is 2. The van der Waals surface area contributed by atoms with Crippen LogP contribution in [0.1, 0.15) is 24.4 Å². The summed E-state index contributed by atoms with van der Waals surface area (Å²) in [5, 5.41) is 2.23. The maximum absolute atomic E-state index is 4.91. The molecule has 2 aromatic carbocycles. The zero-order valence-corrected chi connectivity index (χ0v) is 15.3.